The second kappa shape index (κ2) is 9.37. The van der Waals surface area contributed by atoms with E-state index in [9.17, 15) is 4.79 Å². The molecule has 0 heterocycles. The van der Waals surface area contributed by atoms with Gasteiger partial charge in [0.05, 0.1) is 5.69 Å². The molecule has 20 heavy (non-hydrogen) atoms. The highest BCUT2D eigenvalue weighted by molar-refractivity contribution is 5.93. The summed E-state index contributed by atoms with van der Waals surface area (Å²) in [5, 5.41) is 2.98. The number of para-hydroxylation sites is 2. The Kier molecular flexibility index (Phi) is 7.73. The Labute approximate surface area is 121 Å². The average Bonchev–Trinajstić information content (AvgIpc) is 2.46. The van der Waals surface area contributed by atoms with Crippen molar-refractivity contribution in [1.29, 1.82) is 0 Å². The van der Waals surface area contributed by atoms with Gasteiger partial charge in [-0.15, -0.1) is 0 Å². The summed E-state index contributed by atoms with van der Waals surface area (Å²) in [6.07, 6.45) is 3.88. The van der Waals surface area contributed by atoms with Crippen molar-refractivity contribution in [2.75, 3.05) is 18.5 Å². The molecule has 3 N–H and O–H groups in total. The summed E-state index contributed by atoms with van der Waals surface area (Å²) in [5.74, 6) is 0.836. The number of amides is 1. The van der Waals surface area contributed by atoms with E-state index in [0.29, 0.717) is 18.9 Å². The molecule has 4 heteroatoms. The summed E-state index contributed by atoms with van der Waals surface area (Å²) >= 11 is 0. The molecule has 4 nitrogen and oxygen atoms in total. The van der Waals surface area contributed by atoms with Gasteiger partial charge in [0.25, 0.3) is 0 Å². The summed E-state index contributed by atoms with van der Waals surface area (Å²) in [6.45, 7) is 5.11. The van der Waals surface area contributed by atoms with Crippen LogP contribution in [0, 0.1) is 5.92 Å². The number of benzene rings is 1. The maximum Gasteiger partial charge on any atom is 0.227 e. The van der Waals surface area contributed by atoms with Crippen LogP contribution in [0.4, 0.5) is 5.69 Å². The lowest BCUT2D eigenvalue weighted by Gasteiger charge is -2.17. The number of carbonyl (C=O) groups is 1. The number of nitrogens with two attached hydrogens (primary N) is 1. The molecule has 0 aromatic heterocycles. The van der Waals surface area contributed by atoms with Gasteiger partial charge in [0, 0.05) is 12.5 Å². The molecule has 0 fully saturated rings. The number of anilines is 1. The van der Waals surface area contributed by atoms with Crippen LogP contribution in [0.25, 0.3) is 0 Å². The van der Waals surface area contributed by atoms with E-state index < -0.39 is 0 Å². The topological polar surface area (TPSA) is 64.3 Å². The van der Waals surface area contributed by atoms with Crippen LogP contribution >= 0.6 is 0 Å². The average molecular weight is 278 g/mol. The van der Waals surface area contributed by atoms with Crippen molar-refractivity contribution >= 4 is 11.6 Å². The fourth-order valence-corrected chi connectivity index (χ4v) is 2.20. The zero-order valence-electron chi connectivity index (χ0n) is 12.5. The summed E-state index contributed by atoms with van der Waals surface area (Å²) in [4.78, 5) is 12.3. The van der Waals surface area contributed by atoms with E-state index in [0.717, 1.165) is 31.4 Å². The number of nitrogens with one attached hydrogen (secondary N) is 1. The molecule has 0 saturated heterocycles. The minimum atomic E-state index is 0.0764. The van der Waals surface area contributed by atoms with Gasteiger partial charge in [-0.05, 0) is 25.0 Å². The molecule has 1 rings (SSSR count). The van der Waals surface area contributed by atoms with Crippen molar-refractivity contribution in [2.24, 2.45) is 11.7 Å². The molecule has 1 amide bonds. The zero-order chi connectivity index (χ0) is 14.8. The highest BCUT2D eigenvalue weighted by atomic mass is 16.5. The normalized spacial score (nSPS) is 10.6. The smallest absolute Gasteiger partial charge is 0.227 e. The highest BCUT2D eigenvalue weighted by Gasteiger charge is 2.17. The van der Waals surface area contributed by atoms with E-state index in [1.165, 1.54) is 0 Å². The van der Waals surface area contributed by atoms with E-state index >= 15 is 0 Å². The lowest BCUT2D eigenvalue weighted by molar-refractivity contribution is -0.120. The van der Waals surface area contributed by atoms with Gasteiger partial charge in [0.15, 0.2) is 0 Å². The highest BCUT2D eigenvalue weighted by Crippen LogP contribution is 2.25. The molecular weight excluding hydrogens is 252 g/mol. The molecule has 0 bridgehead atoms. The van der Waals surface area contributed by atoms with Crippen LogP contribution < -0.4 is 15.8 Å². The van der Waals surface area contributed by atoms with E-state index in [4.69, 9.17) is 10.5 Å². The molecule has 0 radical (unpaired) electrons. The van der Waals surface area contributed by atoms with Crippen molar-refractivity contribution < 1.29 is 9.53 Å². The van der Waals surface area contributed by atoms with Gasteiger partial charge in [-0.2, -0.15) is 0 Å². The summed E-state index contributed by atoms with van der Waals surface area (Å²) in [6, 6.07) is 7.48. The third-order valence-corrected chi connectivity index (χ3v) is 3.17. The first-order chi connectivity index (χ1) is 9.72. The van der Waals surface area contributed by atoms with Crippen LogP contribution in [-0.2, 0) is 4.79 Å². The molecule has 0 aliphatic heterocycles. The van der Waals surface area contributed by atoms with Crippen LogP contribution in [0.1, 0.15) is 39.5 Å². The maximum absolute atomic E-state index is 12.3. The number of rotatable bonds is 9. The van der Waals surface area contributed by atoms with Crippen molar-refractivity contribution in [3.8, 4) is 5.75 Å². The largest absolute Gasteiger partial charge is 0.490 e. The minimum absolute atomic E-state index is 0.0764. The van der Waals surface area contributed by atoms with Crippen molar-refractivity contribution in [3.63, 3.8) is 0 Å². The molecule has 0 spiro atoms. The monoisotopic (exact) mass is 278 g/mol. The summed E-state index contributed by atoms with van der Waals surface area (Å²) in [5.41, 5.74) is 6.17. The SMILES string of the molecule is CCCC(CCC)C(=O)Nc1ccccc1OCCN. The van der Waals surface area contributed by atoms with Crippen molar-refractivity contribution in [1.82, 2.24) is 0 Å². The number of ether oxygens (including phenoxy) is 1. The van der Waals surface area contributed by atoms with Crippen LogP contribution in [-0.4, -0.2) is 19.1 Å². The molecule has 0 unspecified atom stereocenters. The van der Waals surface area contributed by atoms with Crippen LogP contribution in [0.5, 0.6) is 5.75 Å². The summed E-state index contributed by atoms with van der Waals surface area (Å²) < 4.78 is 5.55. The van der Waals surface area contributed by atoms with Crippen molar-refractivity contribution in [3.05, 3.63) is 24.3 Å². The first kappa shape index (κ1) is 16.5. The van der Waals surface area contributed by atoms with Gasteiger partial charge in [-0.1, -0.05) is 38.8 Å². The lowest BCUT2D eigenvalue weighted by Crippen LogP contribution is -2.23. The molecule has 1 aromatic rings. The van der Waals surface area contributed by atoms with Gasteiger partial charge < -0.3 is 15.8 Å². The number of hydrogen-bond donors (Lipinski definition) is 2. The van der Waals surface area contributed by atoms with Crippen LogP contribution in [0.3, 0.4) is 0 Å². The molecule has 0 saturated carbocycles. The zero-order valence-corrected chi connectivity index (χ0v) is 12.5. The minimum Gasteiger partial charge on any atom is -0.490 e. The van der Waals surface area contributed by atoms with E-state index in [1.807, 2.05) is 24.3 Å². The predicted octanol–water partition coefficient (Wildman–Crippen LogP) is 3.18. The summed E-state index contributed by atoms with van der Waals surface area (Å²) in [7, 11) is 0. The van der Waals surface area contributed by atoms with Gasteiger partial charge in [0.1, 0.15) is 12.4 Å². The Bertz CT molecular complexity index is 401. The van der Waals surface area contributed by atoms with Crippen LogP contribution in [0.15, 0.2) is 24.3 Å². The van der Waals surface area contributed by atoms with Gasteiger partial charge in [-0.25, -0.2) is 0 Å². The third-order valence-electron chi connectivity index (χ3n) is 3.17. The quantitative estimate of drug-likeness (QED) is 0.729. The fraction of sp³-hybridized carbons (Fsp3) is 0.562. The van der Waals surface area contributed by atoms with Crippen molar-refractivity contribution in [2.45, 2.75) is 39.5 Å². The lowest BCUT2D eigenvalue weighted by atomic mass is 9.97. The number of hydrogen-bond acceptors (Lipinski definition) is 3. The molecule has 0 atom stereocenters. The van der Waals surface area contributed by atoms with E-state index in [2.05, 4.69) is 19.2 Å². The van der Waals surface area contributed by atoms with E-state index in [1.54, 1.807) is 0 Å². The van der Waals surface area contributed by atoms with Gasteiger partial charge in [-0.3, -0.25) is 4.79 Å². The Morgan fingerprint density at radius 3 is 2.50 bits per heavy atom. The van der Waals surface area contributed by atoms with Gasteiger partial charge in [0.2, 0.25) is 5.91 Å². The Hall–Kier alpha value is -1.55. The predicted molar refractivity (Wildman–Crippen MR) is 82.9 cm³/mol. The fourth-order valence-electron chi connectivity index (χ4n) is 2.20. The maximum atomic E-state index is 12.3. The molecule has 112 valence electrons. The second-order valence-electron chi connectivity index (χ2n) is 4.90. The number of carbonyl (C=O) groups excluding carboxylic acids is 1. The molecule has 0 aliphatic carbocycles. The molecule has 1 aromatic carbocycles. The van der Waals surface area contributed by atoms with Gasteiger partial charge >= 0.3 is 0 Å². The second-order valence-corrected chi connectivity index (χ2v) is 4.90. The molecule has 0 aliphatic rings. The van der Waals surface area contributed by atoms with Crippen LogP contribution in [0.2, 0.25) is 0 Å². The molecular formula is C16H26N2O2. The third kappa shape index (κ3) is 5.21. The standard InChI is InChI=1S/C16H26N2O2/c1-3-7-13(8-4-2)16(19)18-14-9-5-6-10-15(14)20-12-11-17/h5-6,9-10,13H,3-4,7-8,11-12,17H2,1-2H3,(H,18,19). The van der Waals surface area contributed by atoms with E-state index in [-0.39, 0.29) is 11.8 Å². The Morgan fingerprint density at radius 1 is 1.25 bits per heavy atom. The Balaban J connectivity index is 2.72. The first-order valence-electron chi connectivity index (χ1n) is 7.45. The Morgan fingerprint density at radius 2 is 1.90 bits per heavy atom. The first-order valence-corrected chi connectivity index (χ1v) is 7.45.